The first-order chi connectivity index (χ1) is 9.42. The molecule has 0 heteroatoms. The summed E-state index contributed by atoms with van der Waals surface area (Å²) >= 11 is 0. The summed E-state index contributed by atoms with van der Waals surface area (Å²) in [6.45, 7) is 2.20. The summed E-state index contributed by atoms with van der Waals surface area (Å²) in [7, 11) is 0. The summed E-state index contributed by atoms with van der Waals surface area (Å²) in [5, 5.41) is 0. The Morgan fingerprint density at radius 1 is 0.789 bits per heavy atom. The lowest BCUT2D eigenvalue weighted by molar-refractivity contribution is 0.992. The summed E-state index contributed by atoms with van der Waals surface area (Å²) in [6.07, 6.45) is 5.85. The first-order valence-corrected chi connectivity index (χ1v) is 7.18. The highest BCUT2D eigenvalue weighted by Crippen LogP contribution is 2.61. The van der Waals surface area contributed by atoms with Gasteiger partial charge >= 0.3 is 0 Å². The smallest absolute Gasteiger partial charge is 0.00182 e. The third-order valence-corrected chi connectivity index (χ3v) is 4.04. The fourth-order valence-electron chi connectivity index (χ4n) is 3.08. The molecule has 2 aromatic carbocycles. The number of allylic oxidation sites excluding steroid dienone is 2. The molecule has 3 atom stereocenters. The predicted molar refractivity (Wildman–Crippen MR) is 81.3 cm³/mol. The highest BCUT2D eigenvalue weighted by atomic mass is 14.5. The van der Waals surface area contributed by atoms with Gasteiger partial charge in [0, 0.05) is 0 Å². The Kier molecular flexibility index (Phi) is 3.50. The molecule has 0 radical (unpaired) electrons. The van der Waals surface area contributed by atoms with E-state index in [4.69, 9.17) is 0 Å². The Labute approximate surface area is 115 Å². The highest BCUT2D eigenvalue weighted by molar-refractivity contribution is 5.41. The monoisotopic (exact) mass is 248 g/mol. The molecule has 1 unspecified atom stereocenters. The maximum absolute atomic E-state index is 2.41. The van der Waals surface area contributed by atoms with E-state index in [9.17, 15) is 0 Å². The fourth-order valence-corrected chi connectivity index (χ4v) is 3.08. The molecule has 1 aliphatic carbocycles. The van der Waals surface area contributed by atoms with E-state index in [1.807, 2.05) is 0 Å². The van der Waals surface area contributed by atoms with Crippen LogP contribution < -0.4 is 0 Å². The van der Waals surface area contributed by atoms with Crippen molar-refractivity contribution in [1.29, 1.82) is 0 Å². The van der Waals surface area contributed by atoms with Gasteiger partial charge in [-0.05, 0) is 35.3 Å². The maximum Gasteiger partial charge on any atom is -0.00182 e. The second-order valence-corrected chi connectivity index (χ2v) is 5.29. The molecule has 96 valence electrons. The molecule has 3 rings (SSSR count). The maximum atomic E-state index is 2.41. The lowest BCUT2D eigenvalue weighted by Crippen LogP contribution is -1.82. The molecule has 1 aliphatic rings. The van der Waals surface area contributed by atoms with Crippen molar-refractivity contribution in [3.8, 4) is 0 Å². The third kappa shape index (κ3) is 2.49. The van der Waals surface area contributed by atoms with Crippen molar-refractivity contribution < 1.29 is 0 Å². The molecular formula is C19H20. The average molecular weight is 248 g/mol. The van der Waals surface area contributed by atoms with Crippen LogP contribution in [0.5, 0.6) is 0 Å². The second-order valence-electron chi connectivity index (χ2n) is 5.29. The number of hydrogen-bond acceptors (Lipinski definition) is 0. The van der Waals surface area contributed by atoms with Gasteiger partial charge in [-0.15, -0.1) is 0 Å². The zero-order chi connectivity index (χ0) is 13.1. The van der Waals surface area contributed by atoms with Crippen molar-refractivity contribution in [2.75, 3.05) is 0 Å². The molecule has 0 spiro atoms. The molecule has 0 amide bonds. The molecule has 0 N–H and O–H groups in total. The molecule has 1 fully saturated rings. The minimum atomic E-state index is 0.659. The lowest BCUT2D eigenvalue weighted by Gasteiger charge is -2.00. The summed E-state index contributed by atoms with van der Waals surface area (Å²) in [5.41, 5.74) is 2.95. The normalized spacial score (nSPS) is 25.6. The van der Waals surface area contributed by atoms with Crippen LogP contribution in [0.25, 0.3) is 0 Å². The molecule has 0 aliphatic heterocycles. The van der Waals surface area contributed by atoms with E-state index in [-0.39, 0.29) is 0 Å². The summed E-state index contributed by atoms with van der Waals surface area (Å²) in [5.74, 6) is 1.99. The zero-order valence-electron chi connectivity index (χ0n) is 11.4. The van der Waals surface area contributed by atoms with Gasteiger partial charge in [-0.3, -0.25) is 0 Å². The Hall–Kier alpha value is -1.82. The fraction of sp³-hybridized carbons (Fsp3) is 0.263. The second kappa shape index (κ2) is 5.44. The van der Waals surface area contributed by atoms with Gasteiger partial charge in [0.2, 0.25) is 0 Å². The van der Waals surface area contributed by atoms with Crippen molar-refractivity contribution in [2.45, 2.75) is 25.2 Å². The van der Waals surface area contributed by atoms with E-state index in [1.165, 1.54) is 11.1 Å². The molecule has 0 aromatic heterocycles. The molecule has 0 saturated heterocycles. The van der Waals surface area contributed by atoms with Crippen LogP contribution in [0.15, 0.2) is 72.8 Å². The zero-order valence-corrected chi connectivity index (χ0v) is 11.4. The van der Waals surface area contributed by atoms with Gasteiger partial charge < -0.3 is 0 Å². The SMILES string of the molecule is CC/C=C/C1[C@@H](c2ccccc2)[C@H]1c1ccccc1. The highest BCUT2D eigenvalue weighted by Gasteiger charge is 2.49. The summed E-state index contributed by atoms with van der Waals surface area (Å²) in [6, 6.07) is 21.8. The minimum Gasteiger partial charge on any atom is -0.0885 e. The quantitative estimate of drug-likeness (QED) is 0.656. The van der Waals surface area contributed by atoms with Crippen LogP contribution in [0, 0.1) is 5.92 Å². The van der Waals surface area contributed by atoms with Crippen LogP contribution in [0.3, 0.4) is 0 Å². The Bertz CT molecular complexity index is 493. The number of benzene rings is 2. The Morgan fingerprint density at radius 2 is 1.26 bits per heavy atom. The van der Waals surface area contributed by atoms with Crippen molar-refractivity contribution >= 4 is 0 Å². The van der Waals surface area contributed by atoms with Crippen LogP contribution in [-0.2, 0) is 0 Å². The van der Waals surface area contributed by atoms with Crippen molar-refractivity contribution in [3.63, 3.8) is 0 Å². The van der Waals surface area contributed by atoms with Gasteiger partial charge in [-0.2, -0.15) is 0 Å². The van der Waals surface area contributed by atoms with E-state index in [2.05, 4.69) is 79.7 Å². The van der Waals surface area contributed by atoms with Crippen molar-refractivity contribution in [1.82, 2.24) is 0 Å². The van der Waals surface area contributed by atoms with Crippen LogP contribution >= 0.6 is 0 Å². The van der Waals surface area contributed by atoms with Gasteiger partial charge in [0.1, 0.15) is 0 Å². The molecule has 2 aromatic rings. The van der Waals surface area contributed by atoms with Crippen LogP contribution in [-0.4, -0.2) is 0 Å². The summed E-state index contributed by atoms with van der Waals surface area (Å²) < 4.78 is 0. The number of hydrogen-bond donors (Lipinski definition) is 0. The van der Waals surface area contributed by atoms with Crippen LogP contribution in [0.4, 0.5) is 0 Å². The van der Waals surface area contributed by atoms with E-state index in [1.54, 1.807) is 0 Å². The predicted octanol–water partition coefficient (Wildman–Crippen LogP) is 5.15. The standard InChI is InChI=1S/C19H20/c1-2-3-14-17-18(15-10-6-4-7-11-15)19(17)16-12-8-5-9-13-16/h3-14,17-19H,2H2,1H3/b14-3+/t17?,18-,19+. The average Bonchev–Trinajstić information content (AvgIpc) is 3.21. The van der Waals surface area contributed by atoms with Crippen molar-refractivity contribution in [3.05, 3.63) is 83.9 Å². The van der Waals surface area contributed by atoms with E-state index in [0.717, 1.165) is 6.42 Å². The molecule has 0 heterocycles. The molecular weight excluding hydrogens is 228 g/mol. The summed E-state index contributed by atoms with van der Waals surface area (Å²) in [4.78, 5) is 0. The van der Waals surface area contributed by atoms with Gasteiger partial charge in [-0.1, -0.05) is 79.7 Å². The minimum absolute atomic E-state index is 0.659. The Balaban J connectivity index is 1.88. The Morgan fingerprint density at radius 3 is 1.68 bits per heavy atom. The number of rotatable bonds is 4. The first-order valence-electron chi connectivity index (χ1n) is 7.18. The van der Waals surface area contributed by atoms with E-state index < -0.39 is 0 Å². The van der Waals surface area contributed by atoms with Crippen molar-refractivity contribution in [2.24, 2.45) is 5.92 Å². The van der Waals surface area contributed by atoms with Gasteiger partial charge in [0.25, 0.3) is 0 Å². The van der Waals surface area contributed by atoms with Gasteiger partial charge in [0.15, 0.2) is 0 Å². The largest absolute Gasteiger partial charge is 0.0885 e. The van der Waals surface area contributed by atoms with E-state index in [0.29, 0.717) is 17.8 Å². The molecule has 0 nitrogen and oxygen atoms in total. The first kappa shape index (κ1) is 12.2. The van der Waals surface area contributed by atoms with Crippen LogP contribution in [0.1, 0.15) is 36.3 Å². The van der Waals surface area contributed by atoms with Gasteiger partial charge in [-0.25, -0.2) is 0 Å². The molecule has 0 bridgehead atoms. The van der Waals surface area contributed by atoms with Crippen LogP contribution in [0.2, 0.25) is 0 Å². The molecule has 1 saturated carbocycles. The lowest BCUT2D eigenvalue weighted by atomic mass is 10.0. The third-order valence-electron chi connectivity index (χ3n) is 4.04. The van der Waals surface area contributed by atoms with E-state index >= 15 is 0 Å². The molecule has 19 heavy (non-hydrogen) atoms. The van der Waals surface area contributed by atoms with Gasteiger partial charge in [0.05, 0.1) is 0 Å². The topological polar surface area (TPSA) is 0 Å².